The molecule has 5 heteroatoms. The van der Waals surface area contributed by atoms with E-state index < -0.39 is 5.54 Å². The number of hydrogen-bond acceptors (Lipinski definition) is 4. The second-order valence-corrected chi connectivity index (χ2v) is 6.47. The number of fused-ring (bicyclic) bond motifs is 2. The molecule has 1 amide bonds. The minimum absolute atomic E-state index is 0.0747. The number of carbonyl (C=O) groups is 2. The van der Waals surface area contributed by atoms with E-state index in [0.717, 1.165) is 29.9 Å². The van der Waals surface area contributed by atoms with E-state index in [0.29, 0.717) is 6.42 Å². The van der Waals surface area contributed by atoms with Crippen LogP contribution in [0.15, 0.2) is 48.5 Å². The molecule has 2 aliphatic heterocycles. The number of anilines is 2. The summed E-state index contributed by atoms with van der Waals surface area (Å²) < 4.78 is 4.82. The van der Waals surface area contributed by atoms with Crippen LogP contribution in [0.4, 0.5) is 11.4 Å². The number of methoxy groups -OCH3 is 1. The maximum absolute atomic E-state index is 13.1. The van der Waals surface area contributed by atoms with Crippen LogP contribution in [0.2, 0.25) is 0 Å². The van der Waals surface area contributed by atoms with Gasteiger partial charge in [-0.2, -0.15) is 0 Å². The van der Waals surface area contributed by atoms with Gasteiger partial charge in [0, 0.05) is 29.9 Å². The minimum atomic E-state index is -0.878. The standard InChI is InChI=1S/C20H20N2O3/c1-25-18(23)10-12-20(15-7-3-4-8-16(15)21-19(20)24)22-13-11-14-6-2-5-9-17(14)22/h2-9H,10-13H2,1H3,(H,21,24)/t20-/m0/s1. The van der Waals surface area contributed by atoms with Crippen molar-refractivity contribution in [1.82, 2.24) is 0 Å². The van der Waals surface area contributed by atoms with Crippen LogP contribution in [0.1, 0.15) is 24.0 Å². The molecule has 128 valence electrons. The highest BCUT2D eigenvalue weighted by Gasteiger charge is 2.52. The van der Waals surface area contributed by atoms with Gasteiger partial charge in [0.25, 0.3) is 5.91 Å². The van der Waals surface area contributed by atoms with Crippen molar-refractivity contribution in [3.8, 4) is 0 Å². The molecule has 2 aromatic carbocycles. The van der Waals surface area contributed by atoms with E-state index in [1.54, 1.807) is 0 Å². The Morgan fingerprint density at radius 1 is 1.20 bits per heavy atom. The number of benzene rings is 2. The first-order valence-electron chi connectivity index (χ1n) is 8.50. The summed E-state index contributed by atoms with van der Waals surface area (Å²) >= 11 is 0. The zero-order valence-electron chi connectivity index (χ0n) is 14.1. The van der Waals surface area contributed by atoms with Gasteiger partial charge in [-0.15, -0.1) is 0 Å². The van der Waals surface area contributed by atoms with Crippen LogP contribution >= 0.6 is 0 Å². The van der Waals surface area contributed by atoms with Crippen molar-refractivity contribution in [2.45, 2.75) is 24.8 Å². The molecule has 0 saturated heterocycles. The van der Waals surface area contributed by atoms with Crippen molar-refractivity contribution < 1.29 is 14.3 Å². The quantitative estimate of drug-likeness (QED) is 0.872. The molecule has 5 nitrogen and oxygen atoms in total. The molecule has 2 aromatic rings. The topological polar surface area (TPSA) is 58.6 Å². The molecule has 0 saturated carbocycles. The number of hydrogen-bond donors (Lipinski definition) is 1. The fourth-order valence-electron chi connectivity index (χ4n) is 4.07. The van der Waals surface area contributed by atoms with Gasteiger partial charge in [0.1, 0.15) is 5.54 Å². The molecule has 0 unspecified atom stereocenters. The number of para-hydroxylation sites is 2. The van der Waals surface area contributed by atoms with Crippen molar-refractivity contribution in [3.05, 3.63) is 59.7 Å². The molecule has 0 bridgehead atoms. The summed E-state index contributed by atoms with van der Waals surface area (Å²) in [5, 5.41) is 3.01. The molecule has 0 spiro atoms. The monoisotopic (exact) mass is 336 g/mol. The average molecular weight is 336 g/mol. The first-order chi connectivity index (χ1) is 12.2. The number of rotatable bonds is 4. The smallest absolute Gasteiger partial charge is 0.305 e. The van der Waals surface area contributed by atoms with Crippen LogP contribution in [-0.2, 0) is 26.3 Å². The van der Waals surface area contributed by atoms with E-state index in [4.69, 9.17) is 4.74 Å². The van der Waals surface area contributed by atoms with E-state index in [1.165, 1.54) is 12.7 Å². The molecule has 4 rings (SSSR count). The second kappa shape index (κ2) is 5.92. The Bertz CT molecular complexity index is 848. The number of nitrogens with zero attached hydrogens (tertiary/aromatic N) is 1. The summed E-state index contributed by atoms with van der Waals surface area (Å²) in [6, 6.07) is 15.9. The number of esters is 1. The molecule has 0 aromatic heterocycles. The summed E-state index contributed by atoms with van der Waals surface area (Å²) in [5.74, 6) is -0.377. The van der Waals surface area contributed by atoms with Crippen molar-refractivity contribution in [2.24, 2.45) is 0 Å². The first kappa shape index (κ1) is 15.7. The summed E-state index contributed by atoms with van der Waals surface area (Å²) in [6.07, 6.45) is 1.47. The Hall–Kier alpha value is -2.82. The van der Waals surface area contributed by atoms with Crippen molar-refractivity contribution in [1.29, 1.82) is 0 Å². The van der Waals surface area contributed by atoms with E-state index in [1.807, 2.05) is 36.4 Å². The lowest BCUT2D eigenvalue weighted by Gasteiger charge is -2.39. The Morgan fingerprint density at radius 3 is 2.80 bits per heavy atom. The van der Waals surface area contributed by atoms with Crippen LogP contribution < -0.4 is 10.2 Å². The van der Waals surface area contributed by atoms with E-state index in [2.05, 4.69) is 22.3 Å². The predicted octanol–water partition coefficient (Wildman–Crippen LogP) is 2.85. The summed E-state index contributed by atoms with van der Waals surface area (Å²) in [7, 11) is 1.38. The fourth-order valence-corrected chi connectivity index (χ4v) is 4.07. The summed E-state index contributed by atoms with van der Waals surface area (Å²) in [5.41, 5.74) is 3.18. The normalized spacial score (nSPS) is 20.8. The zero-order valence-corrected chi connectivity index (χ0v) is 14.1. The van der Waals surface area contributed by atoms with E-state index in [-0.39, 0.29) is 18.3 Å². The van der Waals surface area contributed by atoms with E-state index in [9.17, 15) is 9.59 Å². The van der Waals surface area contributed by atoms with Gasteiger partial charge in [-0.1, -0.05) is 36.4 Å². The molecule has 1 atom stereocenters. The van der Waals surface area contributed by atoms with Gasteiger partial charge in [0.15, 0.2) is 0 Å². The highest BCUT2D eigenvalue weighted by atomic mass is 16.5. The van der Waals surface area contributed by atoms with Crippen molar-refractivity contribution >= 4 is 23.3 Å². The van der Waals surface area contributed by atoms with Gasteiger partial charge in [-0.3, -0.25) is 9.59 Å². The van der Waals surface area contributed by atoms with Gasteiger partial charge in [-0.05, 0) is 30.5 Å². The highest BCUT2D eigenvalue weighted by molar-refractivity contribution is 6.08. The Morgan fingerprint density at radius 2 is 1.96 bits per heavy atom. The minimum Gasteiger partial charge on any atom is -0.469 e. The van der Waals surface area contributed by atoms with E-state index >= 15 is 0 Å². The van der Waals surface area contributed by atoms with Crippen LogP contribution in [0.5, 0.6) is 0 Å². The molecular formula is C20H20N2O3. The zero-order chi connectivity index (χ0) is 17.4. The van der Waals surface area contributed by atoms with Gasteiger partial charge >= 0.3 is 5.97 Å². The van der Waals surface area contributed by atoms with Gasteiger partial charge in [0.05, 0.1) is 7.11 Å². The van der Waals surface area contributed by atoms with Crippen molar-refractivity contribution in [2.75, 3.05) is 23.9 Å². The lowest BCUT2D eigenvalue weighted by atomic mass is 9.84. The van der Waals surface area contributed by atoms with Crippen molar-refractivity contribution in [3.63, 3.8) is 0 Å². The fraction of sp³-hybridized carbons (Fsp3) is 0.300. The van der Waals surface area contributed by atoms with Gasteiger partial charge in [0.2, 0.25) is 0 Å². The number of carbonyl (C=O) groups excluding carboxylic acids is 2. The second-order valence-electron chi connectivity index (χ2n) is 6.47. The maximum Gasteiger partial charge on any atom is 0.305 e. The lowest BCUT2D eigenvalue weighted by Crippen LogP contribution is -2.51. The Kier molecular flexibility index (Phi) is 3.71. The van der Waals surface area contributed by atoms with Gasteiger partial charge in [-0.25, -0.2) is 0 Å². The molecule has 2 aliphatic rings. The first-order valence-corrected chi connectivity index (χ1v) is 8.50. The SMILES string of the molecule is COC(=O)CC[C@@]1(N2CCc3ccccc32)C(=O)Nc2ccccc21. The van der Waals surface area contributed by atoms with Crippen LogP contribution in [-0.4, -0.2) is 25.5 Å². The molecule has 0 radical (unpaired) electrons. The summed E-state index contributed by atoms with van der Waals surface area (Å²) in [6.45, 7) is 0.752. The van der Waals surface area contributed by atoms with Crippen LogP contribution in [0, 0.1) is 0 Å². The number of nitrogens with one attached hydrogen (secondary N) is 1. The number of ether oxygens (including phenoxy) is 1. The average Bonchev–Trinajstić information content (AvgIpc) is 3.19. The highest BCUT2D eigenvalue weighted by Crippen LogP contribution is 2.48. The Balaban J connectivity index is 1.84. The predicted molar refractivity (Wildman–Crippen MR) is 95.5 cm³/mol. The molecule has 1 N–H and O–H groups in total. The maximum atomic E-state index is 13.1. The Labute approximate surface area is 146 Å². The third-order valence-corrected chi connectivity index (χ3v) is 5.26. The van der Waals surface area contributed by atoms with Crippen LogP contribution in [0.25, 0.3) is 0 Å². The third kappa shape index (κ3) is 2.30. The molecule has 25 heavy (non-hydrogen) atoms. The number of amides is 1. The largest absolute Gasteiger partial charge is 0.469 e. The molecule has 0 aliphatic carbocycles. The third-order valence-electron chi connectivity index (χ3n) is 5.26. The molecule has 0 fully saturated rings. The lowest BCUT2D eigenvalue weighted by molar-refractivity contribution is -0.141. The van der Waals surface area contributed by atoms with Crippen LogP contribution in [0.3, 0.4) is 0 Å². The molecule has 2 heterocycles. The summed E-state index contributed by atoms with van der Waals surface area (Å²) in [4.78, 5) is 27.1. The van der Waals surface area contributed by atoms with Gasteiger partial charge < -0.3 is 15.0 Å². The molecular weight excluding hydrogens is 316 g/mol.